The maximum atomic E-state index is 5.32. The van der Waals surface area contributed by atoms with E-state index in [4.69, 9.17) is 9.47 Å². The van der Waals surface area contributed by atoms with Crippen LogP contribution in [-0.4, -0.2) is 49.5 Å². The number of methoxy groups -OCH3 is 2. The topological polar surface area (TPSA) is 47.5 Å². The lowest BCUT2D eigenvalue weighted by molar-refractivity contribution is 0.0277. The smallest absolute Gasteiger partial charge is 0.226 e. The normalized spacial score (nSPS) is 17.7. The lowest BCUT2D eigenvalue weighted by Crippen LogP contribution is -2.66. The van der Waals surface area contributed by atoms with Crippen LogP contribution in [0.25, 0.3) is 0 Å². The minimum atomic E-state index is -0.121. The first-order chi connectivity index (χ1) is 8.63. The summed E-state index contributed by atoms with van der Waals surface area (Å²) < 4.78 is 11.6. The Balaban J connectivity index is 2.23. The molecule has 0 radical (unpaired) electrons. The van der Waals surface area contributed by atoms with E-state index >= 15 is 0 Å². The van der Waals surface area contributed by atoms with Gasteiger partial charge in [0.25, 0.3) is 0 Å². The van der Waals surface area contributed by atoms with Gasteiger partial charge in [-0.2, -0.15) is 0 Å². The molecular weight excluding hydrogens is 298 g/mol. The quantitative estimate of drug-likeness (QED) is 0.829. The number of aryl methyl sites for hydroxylation is 1. The predicted molar refractivity (Wildman–Crippen MR) is 72.9 cm³/mol. The average Bonchev–Trinajstić information content (AvgIpc) is 2.32. The third-order valence-corrected chi connectivity index (χ3v) is 4.13. The van der Waals surface area contributed by atoms with E-state index in [1.807, 2.05) is 6.92 Å². The Morgan fingerprint density at radius 2 is 2.06 bits per heavy atom. The van der Waals surface area contributed by atoms with Gasteiger partial charge >= 0.3 is 0 Å². The van der Waals surface area contributed by atoms with Crippen LogP contribution in [0.1, 0.15) is 12.1 Å². The number of nitrogens with zero attached hydrogens (tertiary/aromatic N) is 3. The monoisotopic (exact) mass is 315 g/mol. The molecule has 1 aliphatic rings. The zero-order valence-electron chi connectivity index (χ0n) is 10.9. The van der Waals surface area contributed by atoms with E-state index in [-0.39, 0.29) is 5.54 Å². The van der Waals surface area contributed by atoms with E-state index in [1.54, 1.807) is 20.4 Å². The van der Waals surface area contributed by atoms with Gasteiger partial charge in [0, 0.05) is 27.0 Å². The summed E-state index contributed by atoms with van der Waals surface area (Å²) in [6.07, 6.45) is 2.83. The number of hydrogen-bond donors (Lipinski definition) is 0. The summed E-state index contributed by atoms with van der Waals surface area (Å²) in [6, 6.07) is 0. The van der Waals surface area contributed by atoms with Crippen molar-refractivity contribution < 1.29 is 9.47 Å². The zero-order valence-corrected chi connectivity index (χ0v) is 12.5. The molecule has 0 spiro atoms. The molecule has 0 saturated carbocycles. The van der Waals surface area contributed by atoms with Crippen molar-refractivity contribution >= 4 is 21.9 Å². The molecule has 1 fully saturated rings. The van der Waals surface area contributed by atoms with Crippen molar-refractivity contribution in [2.75, 3.05) is 38.9 Å². The Morgan fingerprint density at radius 1 is 1.39 bits per heavy atom. The molecule has 0 aliphatic carbocycles. The van der Waals surface area contributed by atoms with E-state index in [9.17, 15) is 0 Å². The molecule has 0 N–H and O–H groups in total. The van der Waals surface area contributed by atoms with Crippen LogP contribution in [0.4, 0.5) is 5.95 Å². The Bertz CT molecular complexity index is 422. The van der Waals surface area contributed by atoms with Crippen LogP contribution < -0.4 is 4.90 Å². The lowest BCUT2D eigenvalue weighted by Gasteiger charge is -2.52. The molecule has 2 rings (SSSR count). The van der Waals surface area contributed by atoms with Gasteiger partial charge in [-0.25, -0.2) is 9.97 Å². The number of hydrogen-bond acceptors (Lipinski definition) is 5. The van der Waals surface area contributed by atoms with Crippen LogP contribution in [0.15, 0.2) is 10.7 Å². The van der Waals surface area contributed by atoms with Crippen molar-refractivity contribution in [1.82, 2.24) is 9.97 Å². The number of anilines is 1. The standard InChI is InChI=1S/C12H18BrN3O2/c1-9-10(13)6-14-11(15-9)16-5-4-12(16,7-17-2)8-18-3/h6H,4-5,7-8H2,1-3H3. The van der Waals surface area contributed by atoms with Crippen LogP contribution in [-0.2, 0) is 9.47 Å². The minimum Gasteiger partial charge on any atom is -0.382 e. The van der Waals surface area contributed by atoms with Gasteiger partial charge in [-0.3, -0.25) is 0 Å². The van der Waals surface area contributed by atoms with E-state index in [2.05, 4.69) is 30.8 Å². The second kappa shape index (κ2) is 5.50. The average molecular weight is 316 g/mol. The molecule has 1 aliphatic heterocycles. The first kappa shape index (κ1) is 13.7. The summed E-state index contributed by atoms with van der Waals surface area (Å²) in [4.78, 5) is 11.1. The van der Waals surface area contributed by atoms with Gasteiger partial charge < -0.3 is 14.4 Å². The molecule has 1 aromatic rings. The van der Waals surface area contributed by atoms with Gasteiger partial charge in [-0.05, 0) is 29.3 Å². The van der Waals surface area contributed by atoms with Gasteiger partial charge in [0.15, 0.2) is 0 Å². The molecular formula is C12H18BrN3O2. The molecule has 2 heterocycles. The fourth-order valence-corrected chi connectivity index (χ4v) is 2.49. The minimum absolute atomic E-state index is 0.121. The van der Waals surface area contributed by atoms with Gasteiger partial charge in [0.05, 0.1) is 28.9 Å². The third kappa shape index (κ3) is 2.37. The number of rotatable bonds is 5. The van der Waals surface area contributed by atoms with Gasteiger partial charge in [-0.1, -0.05) is 0 Å². The van der Waals surface area contributed by atoms with Crippen molar-refractivity contribution in [3.05, 3.63) is 16.4 Å². The van der Waals surface area contributed by atoms with Crippen molar-refractivity contribution in [1.29, 1.82) is 0 Å². The number of ether oxygens (including phenoxy) is 2. The second-order valence-corrected chi connectivity index (χ2v) is 5.45. The highest BCUT2D eigenvalue weighted by Crippen LogP contribution is 2.35. The molecule has 1 saturated heterocycles. The second-order valence-electron chi connectivity index (χ2n) is 4.60. The van der Waals surface area contributed by atoms with Crippen LogP contribution >= 0.6 is 15.9 Å². The number of aromatic nitrogens is 2. The molecule has 18 heavy (non-hydrogen) atoms. The molecule has 5 nitrogen and oxygen atoms in total. The highest BCUT2D eigenvalue weighted by molar-refractivity contribution is 9.10. The van der Waals surface area contributed by atoms with Crippen molar-refractivity contribution in [2.24, 2.45) is 0 Å². The largest absolute Gasteiger partial charge is 0.382 e. The van der Waals surface area contributed by atoms with Crippen molar-refractivity contribution in [3.8, 4) is 0 Å². The van der Waals surface area contributed by atoms with E-state index in [1.165, 1.54) is 0 Å². The molecule has 0 bridgehead atoms. The van der Waals surface area contributed by atoms with Gasteiger partial charge in [0.1, 0.15) is 0 Å². The summed E-state index contributed by atoms with van der Waals surface area (Å²) in [5.41, 5.74) is 0.819. The lowest BCUT2D eigenvalue weighted by atomic mass is 9.86. The Hall–Kier alpha value is -0.720. The van der Waals surface area contributed by atoms with Gasteiger partial charge in [-0.15, -0.1) is 0 Å². The van der Waals surface area contributed by atoms with Crippen LogP contribution in [0.5, 0.6) is 0 Å². The van der Waals surface area contributed by atoms with Gasteiger partial charge in [0.2, 0.25) is 5.95 Å². The highest BCUT2D eigenvalue weighted by atomic mass is 79.9. The predicted octanol–water partition coefficient (Wildman–Crippen LogP) is 1.79. The van der Waals surface area contributed by atoms with E-state index in [0.29, 0.717) is 13.2 Å². The third-order valence-electron chi connectivity index (χ3n) is 3.35. The molecule has 0 aromatic carbocycles. The molecule has 6 heteroatoms. The van der Waals surface area contributed by atoms with E-state index in [0.717, 1.165) is 29.1 Å². The Morgan fingerprint density at radius 3 is 2.50 bits per heavy atom. The Labute approximate surface area is 116 Å². The van der Waals surface area contributed by atoms with Crippen LogP contribution in [0.3, 0.4) is 0 Å². The summed E-state index contributed by atoms with van der Waals surface area (Å²) in [6.45, 7) is 4.15. The van der Waals surface area contributed by atoms with E-state index < -0.39 is 0 Å². The summed E-state index contributed by atoms with van der Waals surface area (Å²) in [5.74, 6) is 0.746. The maximum absolute atomic E-state index is 5.32. The fourth-order valence-electron chi connectivity index (χ4n) is 2.30. The summed E-state index contributed by atoms with van der Waals surface area (Å²) >= 11 is 3.42. The molecule has 0 unspecified atom stereocenters. The molecule has 0 atom stereocenters. The maximum Gasteiger partial charge on any atom is 0.226 e. The molecule has 0 amide bonds. The summed E-state index contributed by atoms with van der Waals surface area (Å²) in [5, 5.41) is 0. The van der Waals surface area contributed by atoms with Crippen LogP contribution in [0, 0.1) is 6.92 Å². The SMILES string of the molecule is COCC1(COC)CCN1c1ncc(Br)c(C)n1. The number of halogens is 1. The van der Waals surface area contributed by atoms with Crippen molar-refractivity contribution in [2.45, 2.75) is 18.9 Å². The first-order valence-electron chi connectivity index (χ1n) is 5.87. The van der Waals surface area contributed by atoms with Crippen LogP contribution in [0.2, 0.25) is 0 Å². The Kier molecular flexibility index (Phi) is 4.19. The fraction of sp³-hybridized carbons (Fsp3) is 0.667. The summed E-state index contributed by atoms with van der Waals surface area (Å²) in [7, 11) is 3.42. The highest BCUT2D eigenvalue weighted by Gasteiger charge is 2.46. The zero-order chi connectivity index (χ0) is 13.2. The first-order valence-corrected chi connectivity index (χ1v) is 6.67. The molecule has 1 aromatic heterocycles. The van der Waals surface area contributed by atoms with Crippen molar-refractivity contribution in [3.63, 3.8) is 0 Å². The molecule has 100 valence electrons.